The molecule has 1 saturated heterocycles. The van der Waals surface area contributed by atoms with E-state index in [-0.39, 0.29) is 11.8 Å². The zero-order valence-electron chi connectivity index (χ0n) is 15.2. The molecule has 1 fully saturated rings. The number of amides is 1. The molecule has 5 nitrogen and oxygen atoms in total. The number of benzene rings is 2. The summed E-state index contributed by atoms with van der Waals surface area (Å²) < 4.78 is 10.3. The molecule has 1 N–H and O–H groups in total. The van der Waals surface area contributed by atoms with Crippen LogP contribution in [0.15, 0.2) is 48.5 Å². The third kappa shape index (κ3) is 3.99. The molecule has 0 spiro atoms. The van der Waals surface area contributed by atoms with E-state index in [2.05, 4.69) is 0 Å². The zero-order valence-corrected chi connectivity index (χ0v) is 15.2. The van der Waals surface area contributed by atoms with Crippen LogP contribution < -0.4 is 9.47 Å². The number of ether oxygens (including phenoxy) is 2. The molecule has 1 aliphatic rings. The standard InChI is InChI=1S/C21H25NO4/c1-25-18-9-5-15(6-10-18)20(23)17-4-3-13-22(14-17)21(24)16-7-11-19(26-2)12-8-16/h5-12,17,20,23H,3-4,13-14H2,1-2H3/t17?,20-/m0/s1. The monoisotopic (exact) mass is 355 g/mol. The highest BCUT2D eigenvalue weighted by atomic mass is 16.5. The lowest BCUT2D eigenvalue weighted by Crippen LogP contribution is -2.41. The van der Waals surface area contributed by atoms with Crippen molar-refractivity contribution in [2.45, 2.75) is 18.9 Å². The Kier molecular flexibility index (Phi) is 5.78. The van der Waals surface area contributed by atoms with Crippen molar-refractivity contribution < 1.29 is 19.4 Å². The van der Waals surface area contributed by atoms with Crippen molar-refractivity contribution in [1.82, 2.24) is 4.90 Å². The Balaban J connectivity index is 1.68. The SMILES string of the molecule is COc1ccc(C(=O)N2CCCC([C@@H](O)c3ccc(OC)cc3)C2)cc1. The van der Waals surface area contributed by atoms with Gasteiger partial charge in [0.25, 0.3) is 5.91 Å². The number of rotatable bonds is 5. The Labute approximate surface area is 154 Å². The minimum atomic E-state index is -0.590. The fraction of sp³-hybridized carbons (Fsp3) is 0.381. The van der Waals surface area contributed by atoms with Crippen LogP contribution in [-0.4, -0.2) is 43.2 Å². The largest absolute Gasteiger partial charge is 0.497 e. The maximum absolute atomic E-state index is 12.8. The Hall–Kier alpha value is -2.53. The molecule has 26 heavy (non-hydrogen) atoms. The lowest BCUT2D eigenvalue weighted by molar-refractivity contribution is 0.0401. The van der Waals surface area contributed by atoms with Crippen molar-refractivity contribution in [3.63, 3.8) is 0 Å². The van der Waals surface area contributed by atoms with E-state index in [9.17, 15) is 9.90 Å². The molecule has 0 bridgehead atoms. The third-order valence-electron chi connectivity index (χ3n) is 4.99. The lowest BCUT2D eigenvalue weighted by Gasteiger charge is -2.35. The highest BCUT2D eigenvalue weighted by Crippen LogP contribution is 2.31. The van der Waals surface area contributed by atoms with Crippen LogP contribution in [0, 0.1) is 5.92 Å². The molecule has 1 heterocycles. The minimum absolute atomic E-state index is 0.000663. The van der Waals surface area contributed by atoms with Crippen LogP contribution >= 0.6 is 0 Å². The molecule has 138 valence electrons. The van der Waals surface area contributed by atoms with E-state index in [0.29, 0.717) is 12.1 Å². The smallest absolute Gasteiger partial charge is 0.253 e. The van der Waals surface area contributed by atoms with E-state index in [1.165, 1.54) is 0 Å². The van der Waals surface area contributed by atoms with E-state index < -0.39 is 6.10 Å². The first-order valence-corrected chi connectivity index (χ1v) is 8.87. The summed E-state index contributed by atoms with van der Waals surface area (Å²) in [7, 11) is 3.22. The third-order valence-corrected chi connectivity index (χ3v) is 4.99. The highest BCUT2D eigenvalue weighted by molar-refractivity contribution is 5.94. The van der Waals surface area contributed by atoms with Crippen molar-refractivity contribution in [2.75, 3.05) is 27.3 Å². The Morgan fingerprint density at radius 1 is 1.04 bits per heavy atom. The molecule has 2 aromatic carbocycles. The molecule has 0 aromatic heterocycles. The Morgan fingerprint density at radius 2 is 1.62 bits per heavy atom. The van der Waals surface area contributed by atoms with Gasteiger partial charge in [0.2, 0.25) is 0 Å². The summed E-state index contributed by atoms with van der Waals surface area (Å²) in [5, 5.41) is 10.8. The van der Waals surface area contributed by atoms with Crippen LogP contribution in [-0.2, 0) is 0 Å². The van der Waals surface area contributed by atoms with Crippen LogP contribution in [0.2, 0.25) is 0 Å². The second kappa shape index (κ2) is 8.23. The maximum Gasteiger partial charge on any atom is 0.253 e. The molecular weight excluding hydrogens is 330 g/mol. The molecule has 1 unspecified atom stereocenters. The normalized spacial score (nSPS) is 18.3. The van der Waals surface area contributed by atoms with Crippen molar-refractivity contribution >= 4 is 5.91 Å². The molecule has 0 saturated carbocycles. The summed E-state index contributed by atoms with van der Waals surface area (Å²) in [6.45, 7) is 1.27. The second-order valence-corrected chi connectivity index (χ2v) is 6.60. The van der Waals surface area contributed by atoms with Crippen LogP contribution in [0.5, 0.6) is 11.5 Å². The van der Waals surface area contributed by atoms with Crippen molar-refractivity contribution in [3.05, 3.63) is 59.7 Å². The highest BCUT2D eigenvalue weighted by Gasteiger charge is 2.29. The molecule has 2 atom stereocenters. The van der Waals surface area contributed by atoms with Gasteiger partial charge in [-0.15, -0.1) is 0 Å². The van der Waals surface area contributed by atoms with Gasteiger partial charge in [0.1, 0.15) is 11.5 Å². The van der Waals surface area contributed by atoms with Crippen LogP contribution in [0.1, 0.15) is 34.9 Å². The molecule has 5 heteroatoms. The van der Waals surface area contributed by atoms with Gasteiger partial charge in [-0.1, -0.05) is 12.1 Å². The summed E-state index contributed by atoms with van der Waals surface area (Å²) in [5.74, 6) is 1.52. The van der Waals surface area contributed by atoms with Crippen LogP contribution in [0.3, 0.4) is 0 Å². The van der Waals surface area contributed by atoms with Crippen LogP contribution in [0.25, 0.3) is 0 Å². The molecule has 0 radical (unpaired) electrons. The number of piperidine rings is 1. The van der Waals surface area contributed by atoms with Gasteiger partial charge in [0.15, 0.2) is 0 Å². The number of aliphatic hydroxyl groups excluding tert-OH is 1. The average molecular weight is 355 g/mol. The van der Waals surface area contributed by atoms with Gasteiger partial charge < -0.3 is 19.5 Å². The fourth-order valence-corrected chi connectivity index (χ4v) is 3.44. The van der Waals surface area contributed by atoms with Gasteiger partial charge in [-0.3, -0.25) is 4.79 Å². The number of likely N-dealkylation sites (tertiary alicyclic amines) is 1. The Morgan fingerprint density at radius 3 is 2.19 bits per heavy atom. The van der Waals surface area contributed by atoms with Crippen LogP contribution in [0.4, 0.5) is 0 Å². The number of hydrogen-bond acceptors (Lipinski definition) is 4. The van der Waals surface area contributed by atoms with Gasteiger partial charge in [-0.05, 0) is 54.8 Å². The second-order valence-electron chi connectivity index (χ2n) is 6.60. The molecular formula is C21H25NO4. The van der Waals surface area contributed by atoms with Gasteiger partial charge in [-0.2, -0.15) is 0 Å². The molecule has 2 aromatic rings. The van der Waals surface area contributed by atoms with E-state index >= 15 is 0 Å². The number of carbonyl (C=O) groups excluding carboxylic acids is 1. The number of methoxy groups -OCH3 is 2. The van der Waals surface area contributed by atoms with Crippen molar-refractivity contribution in [1.29, 1.82) is 0 Å². The number of aliphatic hydroxyl groups is 1. The van der Waals surface area contributed by atoms with Gasteiger partial charge >= 0.3 is 0 Å². The summed E-state index contributed by atoms with van der Waals surface area (Å²) >= 11 is 0. The van der Waals surface area contributed by atoms with E-state index in [0.717, 1.165) is 36.4 Å². The zero-order chi connectivity index (χ0) is 18.5. The predicted octanol–water partition coefficient (Wildman–Crippen LogP) is 3.29. The van der Waals surface area contributed by atoms with Crippen molar-refractivity contribution in [3.8, 4) is 11.5 Å². The molecule has 1 amide bonds. The first kappa shape index (κ1) is 18.3. The van der Waals surface area contributed by atoms with E-state index in [1.54, 1.807) is 38.5 Å². The first-order valence-electron chi connectivity index (χ1n) is 8.87. The average Bonchev–Trinajstić information content (AvgIpc) is 2.73. The van der Waals surface area contributed by atoms with Crippen molar-refractivity contribution in [2.24, 2.45) is 5.92 Å². The first-order chi connectivity index (χ1) is 12.6. The number of nitrogens with zero attached hydrogens (tertiary/aromatic N) is 1. The summed E-state index contributed by atoms with van der Waals surface area (Å²) in [5.41, 5.74) is 1.50. The van der Waals surface area contributed by atoms with Gasteiger partial charge in [0.05, 0.1) is 20.3 Å². The Bertz CT molecular complexity index is 727. The van der Waals surface area contributed by atoms with E-state index in [4.69, 9.17) is 9.47 Å². The lowest BCUT2D eigenvalue weighted by atomic mass is 9.88. The molecule has 3 rings (SSSR count). The quantitative estimate of drug-likeness (QED) is 0.894. The predicted molar refractivity (Wildman–Crippen MR) is 99.6 cm³/mol. The number of carbonyl (C=O) groups is 1. The summed E-state index contributed by atoms with van der Waals surface area (Å²) in [6.07, 6.45) is 1.20. The minimum Gasteiger partial charge on any atom is -0.497 e. The fourth-order valence-electron chi connectivity index (χ4n) is 3.44. The van der Waals surface area contributed by atoms with Gasteiger partial charge in [0, 0.05) is 24.6 Å². The molecule has 0 aliphatic carbocycles. The summed E-state index contributed by atoms with van der Waals surface area (Å²) in [4.78, 5) is 14.6. The topological polar surface area (TPSA) is 59.0 Å². The van der Waals surface area contributed by atoms with E-state index in [1.807, 2.05) is 29.2 Å². The summed E-state index contributed by atoms with van der Waals surface area (Å²) in [6, 6.07) is 14.6. The maximum atomic E-state index is 12.8. The van der Waals surface area contributed by atoms with Gasteiger partial charge in [-0.25, -0.2) is 0 Å². The number of hydrogen-bond donors (Lipinski definition) is 1. The molecule has 1 aliphatic heterocycles.